The lowest BCUT2D eigenvalue weighted by atomic mass is 10.1. The van der Waals surface area contributed by atoms with Crippen molar-refractivity contribution in [2.45, 2.75) is 19.8 Å². The number of carbonyl (C=O) groups excluding carboxylic acids is 2. The van der Waals surface area contributed by atoms with Crippen LogP contribution >= 0.6 is 0 Å². The molecule has 1 fully saturated rings. The molecular weight excluding hydrogens is 284 g/mol. The van der Waals surface area contributed by atoms with Crippen LogP contribution in [0, 0.1) is 0 Å². The first-order chi connectivity index (χ1) is 10.5. The molecule has 22 heavy (non-hydrogen) atoms. The third-order valence-corrected chi connectivity index (χ3v) is 3.77. The van der Waals surface area contributed by atoms with Gasteiger partial charge < -0.3 is 14.9 Å². The molecular formula is C16H20N2O4. The number of nitrogens with zero attached hydrogens (tertiary/aromatic N) is 2. The van der Waals surface area contributed by atoms with Gasteiger partial charge in [0.1, 0.15) is 0 Å². The summed E-state index contributed by atoms with van der Waals surface area (Å²) in [5.41, 5.74) is 0.209. The summed E-state index contributed by atoms with van der Waals surface area (Å²) in [6, 6.07) is 6.21. The number of piperazine rings is 1. The predicted molar refractivity (Wildman–Crippen MR) is 80.8 cm³/mol. The Kier molecular flexibility index (Phi) is 5.14. The summed E-state index contributed by atoms with van der Waals surface area (Å²) in [7, 11) is 0. The van der Waals surface area contributed by atoms with Gasteiger partial charge in [0, 0.05) is 32.6 Å². The third-order valence-electron chi connectivity index (χ3n) is 3.77. The molecule has 1 aliphatic heterocycles. The van der Waals surface area contributed by atoms with Gasteiger partial charge >= 0.3 is 5.97 Å². The van der Waals surface area contributed by atoms with Gasteiger partial charge in [0.25, 0.3) is 5.91 Å². The number of rotatable bonds is 4. The zero-order valence-corrected chi connectivity index (χ0v) is 12.6. The van der Waals surface area contributed by atoms with Gasteiger partial charge in [0.2, 0.25) is 5.91 Å². The van der Waals surface area contributed by atoms with Crippen molar-refractivity contribution < 1.29 is 19.5 Å². The maximum absolute atomic E-state index is 12.5. The quantitative estimate of drug-likeness (QED) is 0.913. The molecule has 1 aromatic carbocycles. The van der Waals surface area contributed by atoms with Gasteiger partial charge in [-0.1, -0.05) is 19.1 Å². The second-order valence-corrected chi connectivity index (χ2v) is 5.27. The van der Waals surface area contributed by atoms with Crippen LogP contribution in [0.3, 0.4) is 0 Å². The molecule has 0 bridgehead atoms. The molecule has 1 aromatic rings. The Morgan fingerprint density at radius 3 is 2.09 bits per heavy atom. The number of amides is 2. The van der Waals surface area contributed by atoms with E-state index in [1.54, 1.807) is 21.9 Å². The number of carbonyl (C=O) groups is 3. The van der Waals surface area contributed by atoms with Gasteiger partial charge in [0.05, 0.1) is 11.1 Å². The number of hydrogen-bond donors (Lipinski definition) is 1. The number of benzene rings is 1. The fourth-order valence-corrected chi connectivity index (χ4v) is 2.56. The van der Waals surface area contributed by atoms with Crippen LogP contribution < -0.4 is 0 Å². The standard InChI is InChI=1S/C16H20N2O4/c1-2-5-14(19)17-8-10-18(11-9-17)15(20)12-6-3-4-7-13(12)16(21)22/h3-4,6-7H,2,5,8-11H2,1H3,(H,21,22). The summed E-state index contributed by atoms with van der Waals surface area (Å²) < 4.78 is 0. The molecule has 1 aliphatic rings. The average Bonchev–Trinajstić information content (AvgIpc) is 2.54. The molecule has 0 spiro atoms. The van der Waals surface area contributed by atoms with E-state index in [9.17, 15) is 14.4 Å². The molecule has 6 nitrogen and oxygen atoms in total. The molecule has 118 valence electrons. The summed E-state index contributed by atoms with van der Waals surface area (Å²) in [6.45, 7) is 3.82. The molecule has 1 heterocycles. The first-order valence-corrected chi connectivity index (χ1v) is 7.44. The smallest absolute Gasteiger partial charge is 0.336 e. The van der Waals surface area contributed by atoms with Crippen LogP contribution in [0.15, 0.2) is 24.3 Å². The van der Waals surface area contributed by atoms with Gasteiger partial charge in [-0.2, -0.15) is 0 Å². The van der Waals surface area contributed by atoms with Gasteiger partial charge in [0.15, 0.2) is 0 Å². The Morgan fingerprint density at radius 1 is 1.00 bits per heavy atom. The van der Waals surface area contributed by atoms with E-state index in [4.69, 9.17) is 5.11 Å². The molecule has 0 aromatic heterocycles. The molecule has 1 N–H and O–H groups in total. The van der Waals surface area contributed by atoms with Crippen molar-refractivity contribution >= 4 is 17.8 Å². The van der Waals surface area contributed by atoms with E-state index in [1.165, 1.54) is 12.1 Å². The Labute approximate surface area is 129 Å². The topological polar surface area (TPSA) is 77.9 Å². The minimum absolute atomic E-state index is 0.0111. The Balaban J connectivity index is 2.04. The summed E-state index contributed by atoms with van der Waals surface area (Å²) in [6.07, 6.45) is 1.33. The zero-order valence-electron chi connectivity index (χ0n) is 12.6. The van der Waals surface area contributed by atoms with E-state index in [-0.39, 0.29) is 22.9 Å². The van der Waals surface area contributed by atoms with Crippen molar-refractivity contribution in [3.63, 3.8) is 0 Å². The summed E-state index contributed by atoms with van der Waals surface area (Å²) in [4.78, 5) is 38.9. The van der Waals surface area contributed by atoms with E-state index in [2.05, 4.69) is 0 Å². The molecule has 0 unspecified atom stereocenters. The van der Waals surface area contributed by atoms with E-state index in [0.717, 1.165) is 6.42 Å². The number of carboxylic acid groups (broad SMARTS) is 1. The van der Waals surface area contributed by atoms with Crippen LogP contribution in [-0.2, 0) is 4.79 Å². The lowest BCUT2D eigenvalue weighted by Gasteiger charge is -2.35. The van der Waals surface area contributed by atoms with E-state index >= 15 is 0 Å². The van der Waals surface area contributed by atoms with E-state index < -0.39 is 5.97 Å². The van der Waals surface area contributed by atoms with Crippen LogP contribution in [-0.4, -0.2) is 58.9 Å². The SMILES string of the molecule is CCCC(=O)N1CCN(C(=O)c2ccccc2C(=O)O)CC1. The highest BCUT2D eigenvalue weighted by Gasteiger charge is 2.26. The minimum Gasteiger partial charge on any atom is -0.478 e. The van der Waals surface area contributed by atoms with Crippen molar-refractivity contribution in [2.24, 2.45) is 0 Å². The maximum Gasteiger partial charge on any atom is 0.336 e. The lowest BCUT2D eigenvalue weighted by Crippen LogP contribution is -2.50. The average molecular weight is 304 g/mol. The van der Waals surface area contributed by atoms with Crippen LogP contribution in [0.2, 0.25) is 0 Å². The molecule has 0 radical (unpaired) electrons. The summed E-state index contributed by atoms with van der Waals surface area (Å²) in [5, 5.41) is 9.16. The molecule has 0 saturated carbocycles. The first kappa shape index (κ1) is 16.0. The second-order valence-electron chi connectivity index (χ2n) is 5.27. The van der Waals surface area contributed by atoms with Gasteiger partial charge in [-0.15, -0.1) is 0 Å². The number of aromatic carboxylic acids is 1. The molecule has 2 rings (SSSR count). The number of carboxylic acids is 1. The van der Waals surface area contributed by atoms with Crippen molar-refractivity contribution in [3.05, 3.63) is 35.4 Å². The van der Waals surface area contributed by atoms with Gasteiger partial charge in [-0.25, -0.2) is 4.79 Å². The summed E-state index contributed by atoms with van der Waals surface area (Å²) in [5.74, 6) is -1.29. The van der Waals surface area contributed by atoms with Crippen molar-refractivity contribution in [1.29, 1.82) is 0 Å². The fourth-order valence-electron chi connectivity index (χ4n) is 2.56. The van der Waals surface area contributed by atoms with Crippen molar-refractivity contribution in [2.75, 3.05) is 26.2 Å². The van der Waals surface area contributed by atoms with Crippen LogP contribution in [0.4, 0.5) is 0 Å². The number of hydrogen-bond acceptors (Lipinski definition) is 3. The molecule has 0 atom stereocenters. The predicted octanol–water partition coefficient (Wildman–Crippen LogP) is 1.47. The normalized spacial score (nSPS) is 14.8. The Morgan fingerprint density at radius 2 is 1.55 bits per heavy atom. The minimum atomic E-state index is -1.11. The highest BCUT2D eigenvalue weighted by Crippen LogP contribution is 2.14. The van der Waals surface area contributed by atoms with E-state index in [1.807, 2.05) is 6.92 Å². The second kappa shape index (κ2) is 7.06. The Hall–Kier alpha value is -2.37. The highest BCUT2D eigenvalue weighted by atomic mass is 16.4. The largest absolute Gasteiger partial charge is 0.478 e. The van der Waals surface area contributed by atoms with Crippen LogP contribution in [0.5, 0.6) is 0 Å². The highest BCUT2D eigenvalue weighted by molar-refractivity contribution is 6.04. The van der Waals surface area contributed by atoms with Crippen molar-refractivity contribution in [3.8, 4) is 0 Å². The van der Waals surface area contributed by atoms with E-state index in [0.29, 0.717) is 32.6 Å². The first-order valence-electron chi connectivity index (χ1n) is 7.44. The fraction of sp³-hybridized carbons (Fsp3) is 0.438. The van der Waals surface area contributed by atoms with Crippen LogP contribution in [0.25, 0.3) is 0 Å². The molecule has 0 aliphatic carbocycles. The Bertz CT molecular complexity index is 577. The molecule has 1 saturated heterocycles. The van der Waals surface area contributed by atoms with Gasteiger partial charge in [-0.05, 0) is 18.6 Å². The lowest BCUT2D eigenvalue weighted by molar-refractivity contribution is -0.132. The molecule has 2 amide bonds. The monoisotopic (exact) mass is 304 g/mol. The van der Waals surface area contributed by atoms with Crippen LogP contribution in [0.1, 0.15) is 40.5 Å². The van der Waals surface area contributed by atoms with Gasteiger partial charge in [-0.3, -0.25) is 9.59 Å². The third kappa shape index (κ3) is 3.44. The molecule has 6 heteroatoms. The zero-order chi connectivity index (χ0) is 16.1. The summed E-state index contributed by atoms with van der Waals surface area (Å²) >= 11 is 0. The van der Waals surface area contributed by atoms with Crippen molar-refractivity contribution in [1.82, 2.24) is 9.80 Å². The maximum atomic E-state index is 12.5.